The maximum Gasteiger partial charge on any atom is 0.338 e. The number of rotatable bonds is 7. The van der Waals surface area contributed by atoms with Crippen LogP contribution >= 0.6 is 11.6 Å². The molecule has 35 heavy (non-hydrogen) atoms. The highest BCUT2D eigenvalue weighted by atomic mass is 35.5. The molecule has 0 spiro atoms. The van der Waals surface area contributed by atoms with Gasteiger partial charge in [-0.15, -0.1) is 0 Å². The zero-order chi connectivity index (χ0) is 24.9. The van der Waals surface area contributed by atoms with Crippen molar-refractivity contribution in [1.82, 2.24) is 15.1 Å². The van der Waals surface area contributed by atoms with Crippen molar-refractivity contribution in [3.8, 4) is 0 Å². The first-order chi connectivity index (χ1) is 16.9. The van der Waals surface area contributed by atoms with E-state index in [4.69, 9.17) is 16.3 Å². The molecule has 4 rings (SSSR count). The predicted molar refractivity (Wildman–Crippen MR) is 139 cm³/mol. The van der Waals surface area contributed by atoms with Crippen molar-refractivity contribution in [3.63, 3.8) is 0 Å². The van der Waals surface area contributed by atoms with E-state index in [1.165, 1.54) is 5.56 Å². The van der Waals surface area contributed by atoms with Gasteiger partial charge in [-0.05, 0) is 44.0 Å². The van der Waals surface area contributed by atoms with Crippen LogP contribution in [0, 0.1) is 6.92 Å². The molecule has 1 fully saturated rings. The standard InChI is InChI=1S/C27H33ClN4O3/c1-4-32-23(18-30-13-15-31(16-14-30)22-17-21(28)12-11-19(22)3)24(26(33)35-5-2)25(29-27(32)34)20-9-7-6-8-10-20/h6-12,17,25H,4-5,13-16,18H2,1-3H3,(H,29,34)/t25-/m1/s1. The molecule has 7 nitrogen and oxygen atoms in total. The number of halogens is 1. The SMILES string of the molecule is CCOC(=O)C1=C(CN2CCN(c3cc(Cl)ccc3C)CC2)N(CC)C(=O)N[C@@H]1c1ccccc1. The van der Waals surface area contributed by atoms with E-state index < -0.39 is 6.04 Å². The Bertz CT molecular complexity index is 1100. The lowest BCUT2D eigenvalue weighted by Gasteiger charge is -2.41. The first kappa shape index (κ1) is 25.1. The van der Waals surface area contributed by atoms with Gasteiger partial charge in [0.1, 0.15) is 0 Å². The van der Waals surface area contributed by atoms with E-state index in [0.29, 0.717) is 18.7 Å². The monoisotopic (exact) mass is 496 g/mol. The molecule has 0 bridgehead atoms. The van der Waals surface area contributed by atoms with Crippen LogP contribution in [0.3, 0.4) is 0 Å². The largest absolute Gasteiger partial charge is 0.463 e. The summed E-state index contributed by atoms with van der Waals surface area (Å²) in [6.45, 7) is 10.3. The Morgan fingerprint density at radius 1 is 1.09 bits per heavy atom. The lowest BCUT2D eigenvalue weighted by atomic mass is 9.94. The molecule has 0 aliphatic carbocycles. The maximum absolute atomic E-state index is 13.2. The van der Waals surface area contributed by atoms with Gasteiger partial charge >= 0.3 is 12.0 Å². The van der Waals surface area contributed by atoms with Crippen LogP contribution in [-0.4, -0.2) is 67.7 Å². The van der Waals surface area contributed by atoms with E-state index in [-0.39, 0.29) is 18.6 Å². The second-order valence-electron chi connectivity index (χ2n) is 8.81. The summed E-state index contributed by atoms with van der Waals surface area (Å²) in [6.07, 6.45) is 0. The molecule has 2 amide bonds. The zero-order valence-corrected chi connectivity index (χ0v) is 21.3. The number of aryl methyl sites for hydroxylation is 1. The van der Waals surface area contributed by atoms with Crippen molar-refractivity contribution in [1.29, 1.82) is 0 Å². The average molecular weight is 497 g/mol. The smallest absolute Gasteiger partial charge is 0.338 e. The molecule has 186 valence electrons. The first-order valence-electron chi connectivity index (χ1n) is 12.2. The average Bonchev–Trinajstić information content (AvgIpc) is 2.86. The molecule has 2 aliphatic heterocycles. The third-order valence-corrected chi connectivity index (χ3v) is 6.88. The van der Waals surface area contributed by atoms with Crippen LogP contribution in [0.4, 0.5) is 10.5 Å². The molecule has 0 radical (unpaired) electrons. The summed E-state index contributed by atoms with van der Waals surface area (Å²) < 4.78 is 5.47. The summed E-state index contributed by atoms with van der Waals surface area (Å²) in [7, 11) is 0. The van der Waals surface area contributed by atoms with Crippen molar-refractivity contribution in [2.24, 2.45) is 0 Å². The van der Waals surface area contributed by atoms with Crippen LogP contribution in [-0.2, 0) is 9.53 Å². The minimum atomic E-state index is -0.545. The number of hydrogen-bond acceptors (Lipinski definition) is 5. The quantitative estimate of drug-likeness (QED) is 0.576. The Kier molecular flexibility index (Phi) is 7.98. The Balaban J connectivity index is 1.62. The van der Waals surface area contributed by atoms with Crippen LogP contribution in [0.25, 0.3) is 0 Å². The lowest BCUT2D eigenvalue weighted by molar-refractivity contribution is -0.139. The maximum atomic E-state index is 13.2. The zero-order valence-electron chi connectivity index (χ0n) is 20.6. The van der Waals surface area contributed by atoms with Crippen LogP contribution in [0.5, 0.6) is 0 Å². The minimum Gasteiger partial charge on any atom is -0.463 e. The Morgan fingerprint density at radius 3 is 2.46 bits per heavy atom. The lowest BCUT2D eigenvalue weighted by Crippen LogP contribution is -2.53. The van der Waals surface area contributed by atoms with Crippen molar-refractivity contribution >= 4 is 29.3 Å². The molecule has 2 heterocycles. The van der Waals surface area contributed by atoms with E-state index >= 15 is 0 Å². The highest BCUT2D eigenvalue weighted by molar-refractivity contribution is 6.30. The number of ether oxygens (including phenoxy) is 1. The third kappa shape index (κ3) is 5.46. The van der Waals surface area contributed by atoms with E-state index in [9.17, 15) is 9.59 Å². The highest BCUT2D eigenvalue weighted by Gasteiger charge is 2.38. The number of nitrogens with zero attached hydrogens (tertiary/aromatic N) is 3. The summed E-state index contributed by atoms with van der Waals surface area (Å²) >= 11 is 6.24. The molecule has 2 aromatic carbocycles. The molecule has 2 aliphatic rings. The van der Waals surface area contributed by atoms with Crippen molar-refractivity contribution in [2.45, 2.75) is 26.8 Å². The summed E-state index contributed by atoms with van der Waals surface area (Å²) in [4.78, 5) is 32.6. The fraction of sp³-hybridized carbons (Fsp3) is 0.407. The van der Waals surface area contributed by atoms with Gasteiger partial charge in [0, 0.05) is 55.7 Å². The molecule has 0 unspecified atom stereocenters. The molecule has 1 saturated heterocycles. The van der Waals surface area contributed by atoms with Gasteiger partial charge in [0.25, 0.3) is 0 Å². The van der Waals surface area contributed by atoms with Crippen molar-refractivity contribution in [3.05, 3.63) is 76.0 Å². The summed E-state index contributed by atoms with van der Waals surface area (Å²) in [5, 5.41) is 3.75. The Morgan fingerprint density at radius 2 is 1.80 bits per heavy atom. The number of carbonyl (C=O) groups excluding carboxylic acids is 2. The van der Waals surface area contributed by atoms with Crippen LogP contribution in [0.15, 0.2) is 59.8 Å². The summed E-state index contributed by atoms with van der Waals surface area (Å²) in [5.41, 5.74) is 4.43. The van der Waals surface area contributed by atoms with Gasteiger partial charge in [0.15, 0.2) is 0 Å². The molecule has 0 saturated carbocycles. The number of nitrogens with one attached hydrogen (secondary N) is 1. The molecular weight excluding hydrogens is 464 g/mol. The topological polar surface area (TPSA) is 65.1 Å². The minimum absolute atomic E-state index is 0.197. The van der Waals surface area contributed by atoms with Gasteiger partial charge in [-0.1, -0.05) is 48.0 Å². The first-order valence-corrected chi connectivity index (χ1v) is 12.6. The number of likely N-dealkylation sites (N-methyl/N-ethyl adjacent to an activating group) is 1. The van der Waals surface area contributed by atoms with Crippen LogP contribution < -0.4 is 10.2 Å². The number of urea groups is 1. The second kappa shape index (κ2) is 11.1. The van der Waals surface area contributed by atoms with Gasteiger partial charge in [-0.2, -0.15) is 0 Å². The predicted octanol–water partition coefficient (Wildman–Crippen LogP) is 4.37. The fourth-order valence-electron chi connectivity index (χ4n) is 4.84. The molecule has 1 atom stereocenters. The molecule has 1 N–H and O–H groups in total. The number of piperazine rings is 1. The van der Waals surface area contributed by atoms with Crippen molar-refractivity contribution < 1.29 is 14.3 Å². The van der Waals surface area contributed by atoms with E-state index in [2.05, 4.69) is 22.0 Å². The number of carbonyl (C=O) groups is 2. The van der Waals surface area contributed by atoms with E-state index in [1.54, 1.807) is 11.8 Å². The van der Waals surface area contributed by atoms with Gasteiger partial charge < -0.3 is 15.0 Å². The van der Waals surface area contributed by atoms with E-state index in [1.807, 2.05) is 55.5 Å². The molecule has 8 heteroatoms. The molecule has 0 aromatic heterocycles. The number of hydrogen-bond donors (Lipinski definition) is 1. The number of anilines is 1. The Labute approximate surface area is 212 Å². The molecule has 2 aromatic rings. The summed E-state index contributed by atoms with van der Waals surface area (Å²) in [6, 6.07) is 14.8. The number of amides is 2. The third-order valence-electron chi connectivity index (χ3n) is 6.64. The van der Waals surface area contributed by atoms with Crippen LogP contribution in [0.2, 0.25) is 5.02 Å². The number of esters is 1. The van der Waals surface area contributed by atoms with Crippen LogP contribution in [0.1, 0.15) is 31.0 Å². The van der Waals surface area contributed by atoms with Gasteiger partial charge in [-0.25, -0.2) is 9.59 Å². The van der Waals surface area contributed by atoms with Crippen molar-refractivity contribution in [2.75, 3.05) is 50.8 Å². The van der Waals surface area contributed by atoms with Gasteiger partial charge in [-0.3, -0.25) is 9.80 Å². The van der Waals surface area contributed by atoms with E-state index in [0.717, 1.165) is 48.1 Å². The number of benzene rings is 2. The highest BCUT2D eigenvalue weighted by Crippen LogP contribution is 2.32. The van der Waals surface area contributed by atoms with Gasteiger partial charge in [0.05, 0.1) is 18.2 Å². The second-order valence-corrected chi connectivity index (χ2v) is 9.25. The summed E-state index contributed by atoms with van der Waals surface area (Å²) in [5.74, 6) is -0.386. The normalized spacial score (nSPS) is 19.1. The Hall–Kier alpha value is -3.03. The fourth-order valence-corrected chi connectivity index (χ4v) is 5.00. The van der Waals surface area contributed by atoms with Gasteiger partial charge in [0.2, 0.25) is 0 Å². The molecular formula is C27H33ClN4O3.